The van der Waals surface area contributed by atoms with E-state index in [-0.39, 0.29) is 5.91 Å². The van der Waals surface area contributed by atoms with Crippen LogP contribution in [0.3, 0.4) is 0 Å². The number of carbonyl (C=O) groups excluding carboxylic acids is 1. The average molecular weight is 324 g/mol. The lowest BCUT2D eigenvalue weighted by Gasteiger charge is -2.31. The first-order valence-corrected chi connectivity index (χ1v) is 8.33. The number of carbonyl (C=O) groups is 1. The summed E-state index contributed by atoms with van der Waals surface area (Å²) in [4.78, 5) is 16.5. The van der Waals surface area contributed by atoms with E-state index in [1.165, 1.54) is 0 Å². The number of piperazine rings is 1. The van der Waals surface area contributed by atoms with Crippen molar-refractivity contribution in [1.82, 2.24) is 19.6 Å². The monoisotopic (exact) mass is 324 g/mol. The summed E-state index contributed by atoms with van der Waals surface area (Å²) in [5.74, 6) is 0.0781. The molecule has 3 rings (SSSR count). The Balaban J connectivity index is 1.78. The van der Waals surface area contributed by atoms with Crippen molar-refractivity contribution in [2.75, 3.05) is 33.2 Å². The van der Waals surface area contributed by atoms with Gasteiger partial charge in [0, 0.05) is 43.5 Å². The van der Waals surface area contributed by atoms with Gasteiger partial charge in [-0.2, -0.15) is 5.10 Å². The van der Waals surface area contributed by atoms with E-state index in [4.69, 9.17) is 0 Å². The second-order valence-electron chi connectivity index (χ2n) is 6.29. The van der Waals surface area contributed by atoms with E-state index in [1.54, 1.807) is 6.08 Å². The molecule has 24 heavy (non-hydrogen) atoms. The van der Waals surface area contributed by atoms with Crippen LogP contribution in [0.5, 0.6) is 0 Å². The molecule has 0 spiro atoms. The Kier molecular flexibility index (Phi) is 4.81. The smallest absolute Gasteiger partial charge is 0.246 e. The third kappa shape index (κ3) is 3.41. The topological polar surface area (TPSA) is 41.4 Å². The maximum Gasteiger partial charge on any atom is 0.246 e. The van der Waals surface area contributed by atoms with Gasteiger partial charge in [-0.1, -0.05) is 18.2 Å². The SMILES string of the molecule is Cc1nn(-c2ccccc2)c(C)c1C=CC(=O)N1CCN(C)CC1. The normalized spacial score (nSPS) is 16.0. The minimum atomic E-state index is 0.0781. The van der Waals surface area contributed by atoms with Crippen LogP contribution in [0, 0.1) is 13.8 Å². The van der Waals surface area contributed by atoms with E-state index in [0.717, 1.165) is 48.8 Å². The summed E-state index contributed by atoms with van der Waals surface area (Å²) in [6.45, 7) is 7.47. The lowest BCUT2D eigenvalue weighted by molar-refractivity contribution is -0.127. The largest absolute Gasteiger partial charge is 0.337 e. The molecule has 1 fully saturated rings. The molecular formula is C19H24N4O. The van der Waals surface area contributed by atoms with Gasteiger partial charge in [-0.05, 0) is 39.1 Å². The molecule has 5 nitrogen and oxygen atoms in total. The molecule has 0 saturated carbocycles. The molecule has 1 aromatic heterocycles. The summed E-state index contributed by atoms with van der Waals surface area (Å²) in [6.07, 6.45) is 3.58. The van der Waals surface area contributed by atoms with E-state index < -0.39 is 0 Å². The van der Waals surface area contributed by atoms with Crippen molar-refractivity contribution in [3.63, 3.8) is 0 Å². The molecule has 2 heterocycles. The van der Waals surface area contributed by atoms with Crippen molar-refractivity contribution < 1.29 is 4.79 Å². The Bertz CT molecular complexity index is 740. The summed E-state index contributed by atoms with van der Waals surface area (Å²) in [7, 11) is 2.09. The molecule has 1 aliphatic heterocycles. The number of likely N-dealkylation sites (N-methyl/N-ethyl adjacent to an activating group) is 1. The maximum atomic E-state index is 12.4. The molecule has 1 saturated heterocycles. The van der Waals surface area contributed by atoms with Crippen LogP contribution in [-0.2, 0) is 4.79 Å². The zero-order valence-corrected chi connectivity index (χ0v) is 14.6. The second-order valence-corrected chi connectivity index (χ2v) is 6.29. The van der Waals surface area contributed by atoms with Crippen LogP contribution < -0.4 is 0 Å². The van der Waals surface area contributed by atoms with Gasteiger partial charge in [0.05, 0.1) is 11.4 Å². The summed E-state index contributed by atoms with van der Waals surface area (Å²) in [5.41, 5.74) is 4.02. The molecular weight excluding hydrogens is 300 g/mol. The number of hydrogen-bond donors (Lipinski definition) is 0. The van der Waals surface area contributed by atoms with Crippen molar-refractivity contribution in [3.8, 4) is 5.69 Å². The highest BCUT2D eigenvalue weighted by atomic mass is 16.2. The van der Waals surface area contributed by atoms with Gasteiger partial charge in [0.25, 0.3) is 0 Å². The number of benzene rings is 1. The number of para-hydroxylation sites is 1. The number of rotatable bonds is 3. The Hall–Kier alpha value is -2.40. The Morgan fingerprint density at radius 1 is 1.08 bits per heavy atom. The highest BCUT2D eigenvalue weighted by Crippen LogP contribution is 2.19. The third-order valence-corrected chi connectivity index (χ3v) is 4.56. The minimum absolute atomic E-state index is 0.0781. The molecule has 0 unspecified atom stereocenters. The molecule has 0 atom stereocenters. The Morgan fingerprint density at radius 3 is 2.42 bits per heavy atom. The first kappa shape index (κ1) is 16.5. The first-order valence-electron chi connectivity index (χ1n) is 8.33. The number of hydrogen-bond acceptors (Lipinski definition) is 3. The summed E-state index contributed by atoms with van der Waals surface area (Å²) >= 11 is 0. The predicted molar refractivity (Wildman–Crippen MR) is 96.1 cm³/mol. The quantitative estimate of drug-likeness (QED) is 0.814. The highest BCUT2D eigenvalue weighted by molar-refractivity contribution is 5.92. The lowest BCUT2D eigenvalue weighted by Crippen LogP contribution is -2.46. The summed E-state index contributed by atoms with van der Waals surface area (Å²) in [5, 5.41) is 4.61. The first-order chi connectivity index (χ1) is 11.6. The number of amides is 1. The standard InChI is InChI=1S/C19H24N4O/c1-15-18(9-10-19(24)22-13-11-21(3)12-14-22)16(2)23(20-15)17-7-5-4-6-8-17/h4-10H,11-14H2,1-3H3. The maximum absolute atomic E-state index is 12.4. The molecule has 1 aliphatic rings. The van der Waals surface area contributed by atoms with E-state index in [0.29, 0.717) is 0 Å². The van der Waals surface area contributed by atoms with Gasteiger partial charge >= 0.3 is 0 Å². The molecule has 5 heteroatoms. The van der Waals surface area contributed by atoms with Gasteiger partial charge in [-0.25, -0.2) is 4.68 Å². The number of aryl methyl sites for hydroxylation is 1. The van der Waals surface area contributed by atoms with E-state index in [2.05, 4.69) is 17.0 Å². The zero-order valence-electron chi connectivity index (χ0n) is 14.6. The van der Waals surface area contributed by atoms with Crippen LogP contribution in [-0.4, -0.2) is 58.7 Å². The van der Waals surface area contributed by atoms with Crippen molar-refractivity contribution in [2.45, 2.75) is 13.8 Å². The molecule has 2 aromatic rings. The fraction of sp³-hybridized carbons (Fsp3) is 0.368. The minimum Gasteiger partial charge on any atom is -0.337 e. The lowest BCUT2D eigenvalue weighted by atomic mass is 10.1. The van der Waals surface area contributed by atoms with Crippen molar-refractivity contribution in [1.29, 1.82) is 0 Å². The van der Waals surface area contributed by atoms with Crippen LogP contribution >= 0.6 is 0 Å². The molecule has 1 aromatic carbocycles. The van der Waals surface area contributed by atoms with Gasteiger partial charge in [0.1, 0.15) is 0 Å². The van der Waals surface area contributed by atoms with Crippen LogP contribution in [0.4, 0.5) is 0 Å². The molecule has 0 N–H and O–H groups in total. The number of nitrogens with zero attached hydrogens (tertiary/aromatic N) is 4. The fourth-order valence-corrected chi connectivity index (χ4v) is 3.00. The summed E-state index contributed by atoms with van der Waals surface area (Å²) in [6, 6.07) is 10.0. The van der Waals surface area contributed by atoms with E-state index in [9.17, 15) is 4.79 Å². The van der Waals surface area contributed by atoms with Crippen molar-refractivity contribution in [3.05, 3.63) is 53.4 Å². The highest BCUT2D eigenvalue weighted by Gasteiger charge is 2.17. The second kappa shape index (κ2) is 7.01. The van der Waals surface area contributed by atoms with Crippen LogP contribution in [0.1, 0.15) is 17.0 Å². The third-order valence-electron chi connectivity index (χ3n) is 4.56. The van der Waals surface area contributed by atoms with Gasteiger partial charge in [0.2, 0.25) is 5.91 Å². The van der Waals surface area contributed by atoms with Crippen LogP contribution in [0.2, 0.25) is 0 Å². The van der Waals surface area contributed by atoms with Gasteiger partial charge in [0.15, 0.2) is 0 Å². The van der Waals surface area contributed by atoms with Gasteiger partial charge < -0.3 is 9.80 Å². The summed E-state index contributed by atoms with van der Waals surface area (Å²) < 4.78 is 1.93. The van der Waals surface area contributed by atoms with Gasteiger partial charge in [-0.3, -0.25) is 4.79 Å². The van der Waals surface area contributed by atoms with Gasteiger partial charge in [-0.15, -0.1) is 0 Å². The van der Waals surface area contributed by atoms with Crippen molar-refractivity contribution >= 4 is 12.0 Å². The van der Waals surface area contributed by atoms with E-state index >= 15 is 0 Å². The van der Waals surface area contributed by atoms with Crippen molar-refractivity contribution in [2.24, 2.45) is 0 Å². The zero-order chi connectivity index (χ0) is 17.1. The number of aromatic nitrogens is 2. The molecule has 126 valence electrons. The molecule has 1 amide bonds. The Morgan fingerprint density at radius 2 is 1.75 bits per heavy atom. The van der Waals surface area contributed by atoms with Crippen LogP contribution in [0.25, 0.3) is 11.8 Å². The Labute approximate surface area is 143 Å². The van der Waals surface area contributed by atoms with E-state index in [1.807, 2.05) is 59.8 Å². The van der Waals surface area contributed by atoms with Crippen LogP contribution in [0.15, 0.2) is 36.4 Å². The molecule has 0 bridgehead atoms. The average Bonchev–Trinajstić information content (AvgIpc) is 2.88. The molecule has 0 radical (unpaired) electrons. The molecule has 0 aliphatic carbocycles. The fourth-order valence-electron chi connectivity index (χ4n) is 3.00. The predicted octanol–water partition coefficient (Wildman–Crippen LogP) is 2.28.